The van der Waals surface area contributed by atoms with Crippen molar-refractivity contribution < 1.29 is 5.11 Å². The molecule has 1 rings (SSSR count). The van der Waals surface area contributed by atoms with Crippen molar-refractivity contribution in [2.45, 2.75) is 51.6 Å². The Morgan fingerprint density at radius 2 is 2.20 bits per heavy atom. The minimum atomic E-state index is 0.286. The van der Waals surface area contributed by atoms with Crippen molar-refractivity contribution in [3.63, 3.8) is 0 Å². The van der Waals surface area contributed by atoms with Gasteiger partial charge < -0.3 is 15.7 Å². The van der Waals surface area contributed by atoms with Gasteiger partial charge in [0.05, 0.1) is 0 Å². The van der Waals surface area contributed by atoms with Crippen LogP contribution in [0.2, 0.25) is 0 Å². The standard InChI is InChI=1S/C12H26N2O/c1-10(2)12(6-8-15)14-9-11-5-3-4-7-13-11/h10-15H,3-9H2,1-2H3. The number of rotatable bonds is 6. The topological polar surface area (TPSA) is 44.3 Å². The fourth-order valence-corrected chi connectivity index (χ4v) is 2.20. The number of piperidine rings is 1. The molecule has 0 aliphatic carbocycles. The van der Waals surface area contributed by atoms with E-state index in [2.05, 4.69) is 24.5 Å². The maximum Gasteiger partial charge on any atom is 0.0445 e. The van der Waals surface area contributed by atoms with Gasteiger partial charge in [-0.15, -0.1) is 0 Å². The summed E-state index contributed by atoms with van der Waals surface area (Å²) in [6, 6.07) is 1.09. The first-order valence-corrected chi connectivity index (χ1v) is 6.31. The second-order valence-electron chi connectivity index (χ2n) is 4.92. The third-order valence-electron chi connectivity index (χ3n) is 3.28. The first-order valence-electron chi connectivity index (χ1n) is 6.31. The number of hydrogen-bond acceptors (Lipinski definition) is 3. The molecular weight excluding hydrogens is 188 g/mol. The van der Waals surface area contributed by atoms with Crippen LogP contribution in [0.3, 0.4) is 0 Å². The fourth-order valence-electron chi connectivity index (χ4n) is 2.20. The van der Waals surface area contributed by atoms with E-state index in [0.29, 0.717) is 18.0 Å². The zero-order valence-electron chi connectivity index (χ0n) is 10.1. The summed E-state index contributed by atoms with van der Waals surface area (Å²) >= 11 is 0. The molecule has 0 spiro atoms. The molecule has 15 heavy (non-hydrogen) atoms. The highest BCUT2D eigenvalue weighted by molar-refractivity contribution is 4.78. The molecular formula is C12H26N2O. The van der Waals surface area contributed by atoms with Crippen molar-refractivity contribution in [2.24, 2.45) is 5.92 Å². The van der Waals surface area contributed by atoms with Gasteiger partial charge in [0.1, 0.15) is 0 Å². The van der Waals surface area contributed by atoms with Crippen LogP contribution in [0.5, 0.6) is 0 Å². The minimum absolute atomic E-state index is 0.286. The molecule has 2 unspecified atom stereocenters. The van der Waals surface area contributed by atoms with E-state index in [-0.39, 0.29) is 6.61 Å². The van der Waals surface area contributed by atoms with Crippen LogP contribution in [-0.4, -0.2) is 36.9 Å². The Hall–Kier alpha value is -0.120. The molecule has 0 aromatic heterocycles. The van der Waals surface area contributed by atoms with Crippen LogP contribution in [0.4, 0.5) is 0 Å². The Balaban J connectivity index is 2.19. The van der Waals surface area contributed by atoms with Crippen molar-refractivity contribution in [1.82, 2.24) is 10.6 Å². The van der Waals surface area contributed by atoms with Crippen LogP contribution in [0.25, 0.3) is 0 Å². The summed E-state index contributed by atoms with van der Waals surface area (Å²) in [6.07, 6.45) is 4.83. The average Bonchev–Trinajstić information content (AvgIpc) is 2.25. The van der Waals surface area contributed by atoms with Gasteiger partial charge in [-0.25, -0.2) is 0 Å². The van der Waals surface area contributed by atoms with E-state index >= 15 is 0 Å². The van der Waals surface area contributed by atoms with Crippen molar-refractivity contribution in [1.29, 1.82) is 0 Å². The Kier molecular flexibility index (Phi) is 6.22. The third-order valence-corrected chi connectivity index (χ3v) is 3.28. The molecule has 1 heterocycles. The van der Waals surface area contributed by atoms with E-state index in [4.69, 9.17) is 5.11 Å². The Morgan fingerprint density at radius 3 is 2.73 bits per heavy atom. The fraction of sp³-hybridized carbons (Fsp3) is 1.00. The van der Waals surface area contributed by atoms with Gasteiger partial charge in [0, 0.05) is 25.2 Å². The lowest BCUT2D eigenvalue weighted by Crippen LogP contribution is -2.46. The number of aliphatic hydroxyl groups excluding tert-OH is 1. The second-order valence-corrected chi connectivity index (χ2v) is 4.92. The molecule has 0 amide bonds. The molecule has 0 aromatic carbocycles. The SMILES string of the molecule is CC(C)C(CCO)NCC1CCCCN1. The van der Waals surface area contributed by atoms with E-state index in [1.807, 2.05) is 0 Å². The summed E-state index contributed by atoms with van der Waals surface area (Å²) in [5, 5.41) is 16.1. The smallest absolute Gasteiger partial charge is 0.0445 e. The van der Waals surface area contributed by atoms with Crippen LogP contribution < -0.4 is 10.6 Å². The Bertz CT molecular complexity index is 156. The van der Waals surface area contributed by atoms with Crippen molar-refractivity contribution in [3.05, 3.63) is 0 Å². The van der Waals surface area contributed by atoms with Gasteiger partial charge in [-0.2, -0.15) is 0 Å². The molecule has 0 bridgehead atoms. The maximum atomic E-state index is 8.97. The van der Waals surface area contributed by atoms with Gasteiger partial charge in [-0.3, -0.25) is 0 Å². The van der Waals surface area contributed by atoms with E-state index < -0.39 is 0 Å². The highest BCUT2D eigenvalue weighted by atomic mass is 16.3. The third kappa shape index (κ3) is 4.96. The lowest BCUT2D eigenvalue weighted by molar-refractivity contribution is 0.238. The van der Waals surface area contributed by atoms with Gasteiger partial charge in [-0.05, 0) is 31.7 Å². The van der Waals surface area contributed by atoms with Crippen molar-refractivity contribution >= 4 is 0 Å². The minimum Gasteiger partial charge on any atom is -0.396 e. The molecule has 0 aromatic rings. The molecule has 90 valence electrons. The number of aliphatic hydroxyl groups is 1. The predicted molar refractivity (Wildman–Crippen MR) is 64.0 cm³/mol. The summed E-state index contributed by atoms with van der Waals surface area (Å²) in [4.78, 5) is 0. The largest absolute Gasteiger partial charge is 0.396 e. The second kappa shape index (κ2) is 7.20. The van der Waals surface area contributed by atoms with E-state index in [0.717, 1.165) is 13.0 Å². The maximum absolute atomic E-state index is 8.97. The highest BCUT2D eigenvalue weighted by Crippen LogP contribution is 2.09. The molecule has 2 atom stereocenters. The summed E-state index contributed by atoms with van der Waals surface area (Å²) in [5.74, 6) is 0.598. The Labute approximate surface area is 93.6 Å². The van der Waals surface area contributed by atoms with Gasteiger partial charge in [0.2, 0.25) is 0 Å². The monoisotopic (exact) mass is 214 g/mol. The predicted octanol–water partition coefficient (Wildman–Crippen LogP) is 1.13. The lowest BCUT2D eigenvalue weighted by Gasteiger charge is -2.28. The van der Waals surface area contributed by atoms with Crippen molar-refractivity contribution in [2.75, 3.05) is 19.7 Å². The summed E-state index contributed by atoms with van der Waals surface area (Å²) < 4.78 is 0. The van der Waals surface area contributed by atoms with Crippen molar-refractivity contribution in [3.8, 4) is 0 Å². The van der Waals surface area contributed by atoms with Crippen LogP contribution in [0.1, 0.15) is 39.5 Å². The zero-order chi connectivity index (χ0) is 11.1. The van der Waals surface area contributed by atoms with E-state index in [9.17, 15) is 0 Å². The van der Waals surface area contributed by atoms with Gasteiger partial charge in [-0.1, -0.05) is 20.3 Å². The average molecular weight is 214 g/mol. The Morgan fingerprint density at radius 1 is 1.40 bits per heavy atom. The van der Waals surface area contributed by atoms with Gasteiger partial charge >= 0.3 is 0 Å². The molecule has 3 nitrogen and oxygen atoms in total. The summed E-state index contributed by atoms with van der Waals surface area (Å²) in [5.41, 5.74) is 0. The quantitative estimate of drug-likeness (QED) is 0.621. The molecule has 1 saturated heterocycles. The van der Waals surface area contributed by atoms with Crippen LogP contribution in [0, 0.1) is 5.92 Å². The highest BCUT2D eigenvalue weighted by Gasteiger charge is 2.16. The normalized spacial score (nSPS) is 24.4. The molecule has 0 radical (unpaired) electrons. The molecule has 1 aliphatic rings. The molecule has 1 aliphatic heterocycles. The number of nitrogens with one attached hydrogen (secondary N) is 2. The van der Waals surface area contributed by atoms with Crippen LogP contribution >= 0.6 is 0 Å². The van der Waals surface area contributed by atoms with Crippen LogP contribution in [-0.2, 0) is 0 Å². The molecule has 0 saturated carbocycles. The first kappa shape index (κ1) is 12.9. The summed E-state index contributed by atoms with van der Waals surface area (Å²) in [6.45, 7) is 6.92. The molecule has 3 N–H and O–H groups in total. The summed E-state index contributed by atoms with van der Waals surface area (Å²) in [7, 11) is 0. The van der Waals surface area contributed by atoms with Gasteiger partial charge in [0.15, 0.2) is 0 Å². The molecule has 1 fully saturated rings. The zero-order valence-corrected chi connectivity index (χ0v) is 10.1. The van der Waals surface area contributed by atoms with Crippen LogP contribution in [0.15, 0.2) is 0 Å². The van der Waals surface area contributed by atoms with Gasteiger partial charge in [0.25, 0.3) is 0 Å². The molecule has 3 heteroatoms. The van der Waals surface area contributed by atoms with E-state index in [1.165, 1.54) is 25.8 Å². The number of hydrogen-bond donors (Lipinski definition) is 3. The first-order chi connectivity index (χ1) is 7.24. The lowest BCUT2D eigenvalue weighted by atomic mass is 9.99. The van der Waals surface area contributed by atoms with E-state index in [1.54, 1.807) is 0 Å².